The van der Waals surface area contributed by atoms with Crippen molar-refractivity contribution in [1.82, 2.24) is 10.6 Å². The van der Waals surface area contributed by atoms with Crippen molar-refractivity contribution < 1.29 is 19.2 Å². The molecule has 6 heteroatoms. The molecule has 0 aliphatic carbocycles. The number of allylic oxidation sites excluding steroid dienone is 4. The lowest BCUT2D eigenvalue weighted by Gasteiger charge is -2.34. The van der Waals surface area contributed by atoms with Gasteiger partial charge in [0.1, 0.15) is 6.54 Å². The summed E-state index contributed by atoms with van der Waals surface area (Å²) in [5, 5.41) is 15.8. The summed E-state index contributed by atoms with van der Waals surface area (Å²) in [5.41, 5.74) is 0. The molecule has 0 radical (unpaired) electrons. The third-order valence-electron chi connectivity index (χ3n) is 9.92. The number of aliphatic hydroxyl groups is 1. The molecule has 0 saturated carbocycles. The fourth-order valence-corrected chi connectivity index (χ4v) is 6.40. The van der Waals surface area contributed by atoms with Crippen LogP contribution in [0.2, 0.25) is 0 Å². The molecule has 0 aliphatic rings. The van der Waals surface area contributed by atoms with Crippen LogP contribution in [0, 0.1) is 0 Å². The summed E-state index contributed by atoms with van der Waals surface area (Å²) in [5.74, 6) is 0.253. The monoisotopic (exact) mass is 691 g/mol. The molecule has 0 heterocycles. The van der Waals surface area contributed by atoms with Crippen LogP contribution in [0.15, 0.2) is 24.3 Å². The maximum absolute atomic E-state index is 12.4. The van der Waals surface area contributed by atoms with Crippen LogP contribution in [0.1, 0.15) is 194 Å². The zero-order valence-corrected chi connectivity index (χ0v) is 33.1. The van der Waals surface area contributed by atoms with Crippen LogP contribution in [0.25, 0.3) is 0 Å². The van der Waals surface area contributed by atoms with Gasteiger partial charge in [0.2, 0.25) is 11.8 Å². The van der Waals surface area contributed by atoms with Crippen LogP contribution in [0.5, 0.6) is 0 Å². The van der Waals surface area contributed by atoms with Gasteiger partial charge in [-0.25, -0.2) is 0 Å². The quantitative estimate of drug-likeness (QED) is 0.0343. The number of amides is 2. The number of hydrogen-bond donors (Lipinski definition) is 3. The van der Waals surface area contributed by atoms with E-state index in [1.807, 2.05) is 0 Å². The Balaban J connectivity index is 3.75. The molecule has 288 valence electrons. The van der Waals surface area contributed by atoms with Crippen molar-refractivity contribution in [2.24, 2.45) is 0 Å². The van der Waals surface area contributed by atoms with Crippen molar-refractivity contribution in [2.45, 2.75) is 194 Å². The zero-order chi connectivity index (χ0) is 35.9. The Morgan fingerprint density at radius 3 is 1.10 bits per heavy atom. The number of aliphatic hydroxyl groups excluding tert-OH is 1. The summed E-state index contributed by atoms with van der Waals surface area (Å²) in [6.07, 6.45) is 43.4. The largest absolute Gasteiger partial charge is 0.391 e. The minimum absolute atomic E-state index is 0.0994. The molecule has 0 saturated heterocycles. The van der Waals surface area contributed by atoms with Crippen molar-refractivity contribution in [1.29, 1.82) is 0 Å². The number of unbranched alkanes of at least 4 members (excludes halogenated alkanes) is 22. The highest BCUT2D eigenvalue weighted by Crippen LogP contribution is 2.12. The number of quaternary nitrogens is 1. The molecule has 0 spiro atoms. The number of likely N-dealkylation sites (N-methyl/N-ethyl adjacent to an activating group) is 1. The van der Waals surface area contributed by atoms with Crippen LogP contribution >= 0.6 is 0 Å². The van der Waals surface area contributed by atoms with Crippen LogP contribution in [-0.2, 0) is 9.59 Å². The summed E-state index contributed by atoms with van der Waals surface area (Å²) >= 11 is 0. The molecule has 0 aromatic carbocycles. The minimum atomic E-state index is 0.0994. The third kappa shape index (κ3) is 36.0. The molecule has 0 bridgehead atoms. The van der Waals surface area contributed by atoms with Crippen LogP contribution in [0.4, 0.5) is 0 Å². The predicted octanol–water partition coefficient (Wildman–Crippen LogP) is 10.7. The van der Waals surface area contributed by atoms with E-state index in [1.54, 1.807) is 0 Å². The Morgan fingerprint density at radius 2 is 0.776 bits per heavy atom. The normalized spacial score (nSPS) is 13.0. The van der Waals surface area contributed by atoms with Gasteiger partial charge in [0.15, 0.2) is 0 Å². The number of hydrogen-bond acceptors (Lipinski definition) is 3. The smallest absolute Gasteiger partial charge is 0.220 e. The molecule has 3 N–H and O–H groups in total. The van der Waals surface area contributed by atoms with Crippen LogP contribution in [0.3, 0.4) is 0 Å². The first-order valence-corrected chi connectivity index (χ1v) is 21.2. The Kier molecular flexibility index (Phi) is 36.3. The van der Waals surface area contributed by atoms with E-state index in [2.05, 4.69) is 55.8 Å². The van der Waals surface area contributed by atoms with Crippen molar-refractivity contribution in [2.75, 3.05) is 46.4 Å². The van der Waals surface area contributed by atoms with Gasteiger partial charge in [-0.3, -0.25) is 9.59 Å². The zero-order valence-electron chi connectivity index (χ0n) is 33.1. The number of rotatable bonds is 38. The summed E-state index contributed by atoms with van der Waals surface area (Å²) in [6.45, 7) is 7.96. The SMILES string of the molecule is CCCCCCCCC=CCCCCCCCC(=O)NCC[N+](C)(CCO)CCNC(=O)CCCCCCCC=CCCCCCCCC. The second kappa shape index (κ2) is 37.6. The summed E-state index contributed by atoms with van der Waals surface area (Å²) in [6, 6.07) is 0. The standard InChI is InChI=1S/C43H83N3O3/c1-4-6-8-10-12-14-16-18-20-22-24-26-28-30-32-34-42(48)44-36-38-46(3,40-41-47)39-37-45-43(49)35-33-31-29-27-25-23-21-19-17-15-13-11-9-7-5-2/h18-21,47H,4-17,22-41H2,1-3H3,(H-,44,45,48,49)/p+1. The minimum Gasteiger partial charge on any atom is -0.391 e. The van der Waals surface area contributed by atoms with Crippen molar-refractivity contribution in [3.05, 3.63) is 24.3 Å². The first-order chi connectivity index (χ1) is 24.0. The number of nitrogens with one attached hydrogen (secondary N) is 2. The molecule has 0 aromatic rings. The van der Waals surface area contributed by atoms with E-state index in [1.165, 1.54) is 141 Å². The maximum atomic E-state index is 12.4. The topological polar surface area (TPSA) is 78.4 Å². The highest BCUT2D eigenvalue weighted by atomic mass is 16.3. The van der Waals surface area contributed by atoms with E-state index >= 15 is 0 Å². The van der Waals surface area contributed by atoms with E-state index in [9.17, 15) is 14.7 Å². The Labute approximate surface area is 305 Å². The second-order valence-corrected chi connectivity index (χ2v) is 14.9. The van der Waals surface area contributed by atoms with Gasteiger partial charge in [-0.15, -0.1) is 0 Å². The van der Waals surface area contributed by atoms with E-state index < -0.39 is 0 Å². The fourth-order valence-electron chi connectivity index (χ4n) is 6.40. The van der Waals surface area contributed by atoms with Gasteiger partial charge in [0.25, 0.3) is 0 Å². The van der Waals surface area contributed by atoms with E-state index in [4.69, 9.17) is 0 Å². The molecule has 0 unspecified atom stereocenters. The van der Waals surface area contributed by atoms with Gasteiger partial charge in [-0.05, 0) is 64.2 Å². The second-order valence-electron chi connectivity index (χ2n) is 14.9. The molecule has 0 fully saturated rings. The molecule has 0 atom stereocenters. The molecule has 49 heavy (non-hydrogen) atoms. The highest BCUT2D eigenvalue weighted by molar-refractivity contribution is 5.76. The average Bonchev–Trinajstić information content (AvgIpc) is 3.08. The van der Waals surface area contributed by atoms with Gasteiger partial charge in [-0.2, -0.15) is 0 Å². The van der Waals surface area contributed by atoms with Gasteiger partial charge in [0.05, 0.1) is 39.8 Å². The van der Waals surface area contributed by atoms with Crippen molar-refractivity contribution >= 4 is 11.8 Å². The fraction of sp³-hybridized carbons (Fsp3) is 0.860. The first-order valence-electron chi connectivity index (χ1n) is 21.2. The predicted molar refractivity (Wildman–Crippen MR) is 213 cm³/mol. The van der Waals surface area contributed by atoms with Gasteiger partial charge < -0.3 is 20.2 Å². The van der Waals surface area contributed by atoms with E-state index in [0.717, 1.165) is 38.8 Å². The molecule has 2 amide bonds. The Bertz CT molecular complexity index is 724. The van der Waals surface area contributed by atoms with E-state index in [0.29, 0.717) is 37.0 Å². The number of nitrogens with zero attached hydrogens (tertiary/aromatic N) is 1. The third-order valence-corrected chi connectivity index (χ3v) is 9.92. The summed E-state index contributed by atoms with van der Waals surface area (Å²) in [4.78, 5) is 24.7. The Morgan fingerprint density at radius 1 is 0.469 bits per heavy atom. The average molecular weight is 691 g/mol. The van der Waals surface area contributed by atoms with Crippen LogP contribution in [-0.4, -0.2) is 67.8 Å². The molecule has 0 rings (SSSR count). The number of carbonyl (C=O) groups excluding carboxylic acids is 2. The summed E-state index contributed by atoms with van der Waals surface area (Å²) in [7, 11) is 2.10. The molecule has 0 aromatic heterocycles. The lowest BCUT2D eigenvalue weighted by atomic mass is 10.1. The maximum Gasteiger partial charge on any atom is 0.220 e. The van der Waals surface area contributed by atoms with Gasteiger partial charge in [-0.1, -0.05) is 141 Å². The van der Waals surface area contributed by atoms with Crippen LogP contribution < -0.4 is 10.6 Å². The first kappa shape index (κ1) is 47.3. The highest BCUT2D eigenvalue weighted by Gasteiger charge is 2.21. The molecule has 0 aliphatic heterocycles. The molecular weight excluding hydrogens is 606 g/mol. The lowest BCUT2D eigenvalue weighted by Crippen LogP contribution is -2.53. The lowest BCUT2D eigenvalue weighted by molar-refractivity contribution is -0.907. The number of carbonyl (C=O) groups is 2. The summed E-state index contributed by atoms with van der Waals surface area (Å²) < 4.78 is 0.637. The van der Waals surface area contributed by atoms with Gasteiger partial charge >= 0.3 is 0 Å². The molecule has 6 nitrogen and oxygen atoms in total. The Hall–Kier alpha value is -1.66. The molecular formula is C43H84N3O3+. The van der Waals surface area contributed by atoms with Gasteiger partial charge in [0, 0.05) is 12.8 Å². The van der Waals surface area contributed by atoms with E-state index in [-0.39, 0.29) is 18.4 Å². The van der Waals surface area contributed by atoms with Crippen molar-refractivity contribution in [3.8, 4) is 0 Å². The van der Waals surface area contributed by atoms with Crippen molar-refractivity contribution in [3.63, 3.8) is 0 Å².